The van der Waals surface area contributed by atoms with Crippen molar-refractivity contribution < 1.29 is 0 Å². The number of nitrogens with one attached hydrogen (secondary N) is 4. The summed E-state index contributed by atoms with van der Waals surface area (Å²) in [4.78, 5) is 8.82. The van der Waals surface area contributed by atoms with Crippen molar-refractivity contribution in [3.05, 3.63) is 34.6 Å². The maximum absolute atomic E-state index is 9.70. The van der Waals surface area contributed by atoms with Crippen molar-refractivity contribution >= 4 is 40.4 Å². The fraction of sp³-hybridized carbons (Fsp3) is 0.381. The van der Waals surface area contributed by atoms with E-state index in [-0.39, 0.29) is 5.95 Å². The Labute approximate surface area is 189 Å². The van der Waals surface area contributed by atoms with Crippen LogP contribution in [0.15, 0.2) is 18.3 Å². The number of hydrogen-bond donors (Lipinski definition) is 4. The first-order chi connectivity index (χ1) is 15.6. The zero-order chi connectivity index (χ0) is 22.1. The molecule has 1 saturated carbocycles. The van der Waals surface area contributed by atoms with E-state index < -0.39 is 0 Å². The van der Waals surface area contributed by atoms with Gasteiger partial charge in [0, 0.05) is 12.1 Å². The predicted octanol–water partition coefficient (Wildman–Crippen LogP) is 3.00. The first-order valence-electron chi connectivity index (χ1n) is 10.5. The van der Waals surface area contributed by atoms with E-state index in [4.69, 9.17) is 11.6 Å². The van der Waals surface area contributed by atoms with E-state index in [0.29, 0.717) is 51.2 Å². The van der Waals surface area contributed by atoms with Crippen LogP contribution in [0.5, 0.6) is 0 Å². The molecule has 32 heavy (non-hydrogen) atoms. The van der Waals surface area contributed by atoms with Crippen molar-refractivity contribution in [2.24, 2.45) is 0 Å². The number of anilines is 4. The number of benzene rings is 1. The molecule has 1 aliphatic carbocycles. The van der Waals surface area contributed by atoms with E-state index in [1.165, 1.54) is 10.7 Å². The topological polar surface area (TPSA) is 139 Å². The molecule has 3 heterocycles. The van der Waals surface area contributed by atoms with Gasteiger partial charge < -0.3 is 21.3 Å². The monoisotopic (exact) mass is 448 g/mol. The molecule has 2 fully saturated rings. The van der Waals surface area contributed by atoms with E-state index in [2.05, 4.69) is 48.5 Å². The largest absolute Gasteiger partial charge is 0.381 e. The molecule has 2 aliphatic rings. The number of fused-ring (bicyclic) bond motifs is 1. The van der Waals surface area contributed by atoms with Crippen LogP contribution in [0, 0.1) is 22.7 Å². The summed E-state index contributed by atoms with van der Waals surface area (Å²) in [6, 6.07) is 8.41. The Morgan fingerprint density at radius 2 is 1.81 bits per heavy atom. The van der Waals surface area contributed by atoms with Gasteiger partial charge in [-0.05, 0) is 50.9 Å². The van der Waals surface area contributed by atoms with Gasteiger partial charge in [-0.3, -0.25) is 0 Å². The number of aromatic nitrogens is 4. The van der Waals surface area contributed by atoms with E-state index in [1.807, 2.05) is 0 Å². The lowest BCUT2D eigenvalue weighted by molar-refractivity contribution is 0.479. The maximum Gasteiger partial charge on any atom is 0.247 e. The lowest BCUT2D eigenvalue weighted by atomic mass is 10.1. The average molecular weight is 449 g/mol. The number of nitrogens with zero attached hydrogens (tertiary/aromatic N) is 6. The molecule has 0 atom stereocenters. The third-order valence-electron chi connectivity index (χ3n) is 5.57. The molecule has 0 amide bonds. The molecule has 0 unspecified atom stereocenters. The first-order valence-corrected chi connectivity index (χ1v) is 10.9. The van der Waals surface area contributed by atoms with E-state index in [9.17, 15) is 10.5 Å². The molecule has 1 saturated heterocycles. The summed E-state index contributed by atoms with van der Waals surface area (Å²) in [7, 11) is 0. The number of nitriles is 2. The average Bonchev–Trinajstić information content (AvgIpc) is 3.52. The smallest absolute Gasteiger partial charge is 0.247 e. The standard InChI is InChI=1S/C21H21ClN10/c22-16-8-17(27-14-3-5-25-6-4-14)12(9-23)7-18(16)29-21-30-19(28-13-1-2-13)20-26-11-15(10-24)32(20)31-21/h7-8,11,13-14,25,27H,1-6H2,(H2,28,29,30,31). The molecule has 1 aliphatic heterocycles. The number of piperidine rings is 1. The third kappa shape index (κ3) is 4.11. The molecule has 3 aromatic rings. The van der Waals surface area contributed by atoms with Crippen LogP contribution >= 0.6 is 11.6 Å². The van der Waals surface area contributed by atoms with Crippen molar-refractivity contribution in [1.29, 1.82) is 10.5 Å². The van der Waals surface area contributed by atoms with Gasteiger partial charge >= 0.3 is 0 Å². The Morgan fingerprint density at radius 1 is 1.03 bits per heavy atom. The number of rotatable bonds is 6. The van der Waals surface area contributed by atoms with Crippen molar-refractivity contribution in [2.45, 2.75) is 37.8 Å². The maximum atomic E-state index is 9.70. The molecular formula is C21H21ClN10. The minimum Gasteiger partial charge on any atom is -0.381 e. The zero-order valence-corrected chi connectivity index (χ0v) is 17.9. The Balaban J connectivity index is 1.46. The van der Waals surface area contributed by atoms with Crippen molar-refractivity contribution in [1.82, 2.24) is 24.9 Å². The Morgan fingerprint density at radius 3 is 2.53 bits per heavy atom. The minimum absolute atomic E-state index is 0.250. The summed E-state index contributed by atoms with van der Waals surface area (Å²) in [5.74, 6) is 0.798. The summed E-state index contributed by atoms with van der Waals surface area (Å²) in [5.41, 5.74) is 2.49. The highest BCUT2D eigenvalue weighted by Gasteiger charge is 2.24. The lowest BCUT2D eigenvalue weighted by Crippen LogP contribution is -2.35. The Bertz CT molecular complexity index is 1240. The molecule has 1 aromatic carbocycles. The van der Waals surface area contributed by atoms with Gasteiger partial charge in [0.25, 0.3) is 0 Å². The fourth-order valence-corrected chi connectivity index (χ4v) is 3.93. The van der Waals surface area contributed by atoms with Gasteiger partial charge in [-0.15, -0.1) is 5.10 Å². The fourth-order valence-electron chi connectivity index (χ4n) is 3.72. The van der Waals surface area contributed by atoms with Crippen LogP contribution in [-0.4, -0.2) is 44.8 Å². The normalized spacial score (nSPS) is 16.3. The highest BCUT2D eigenvalue weighted by Crippen LogP contribution is 2.32. The van der Waals surface area contributed by atoms with Crippen LogP contribution in [0.2, 0.25) is 5.02 Å². The number of hydrogen-bond acceptors (Lipinski definition) is 9. The highest BCUT2D eigenvalue weighted by atomic mass is 35.5. The van der Waals surface area contributed by atoms with Gasteiger partial charge in [-0.2, -0.15) is 20.0 Å². The molecule has 10 nitrogen and oxygen atoms in total. The summed E-state index contributed by atoms with van der Waals surface area (Å²) >= 11 is 6.55. The molecule has 0 radical (unpaired) electrons. The number of imidazole rings is 1. The van der Waals surface area contributed by atoms with Crippen molar-refractivity contribution in [3.63, 3.8) is 0 Å². The minimum atomic E-state index is 0.250. The third-order valence-corrected chi connectivity index (χ3v) is 5.88. The van der Waals surface area contributed by atoms with Crippen LogP contribution in [0.25, 0.3) is 5.65 Å². The second-order valence-electron chi connectivity index (χ2n) is 7.98. The predicted molar refractivity (Wildman–Crippen MR) is 121 cm³/mol. The van der Waals surface area contributed by atoms with E-state index >= 15 is 0 Å². The van der Waals surface area contributed by atoms with Gasteiger partial charge in [0.1, 0.15) is 12.1 Å². The van der Waals surface area contributed by atoms with Crippen LogP contribution in [0.4, 0.5) is 23.1 Å². The van der Waals surface area contributed by atoms with Crippen molar-refractivity contribution in [2.75, 3.05) is 29.0 Å². The van der Waals surface area contributed by atoms with Crippen LogP contribution in [-0.2, 0) is 0 Å². The Kier molecular flexibility index (Phi) is 5.39. The highest BCUT2D eigenvalue weighted by molar-refractivity contribution is 6.33. The van der Waals surface area contributed by atoms with Gasteiger partial charge in [-0.1, -0.05) is 11.6 Å². The van der Waals surface area contributed by atoms with Crippen LogP contribution in [0.1, 0.15) is 36.9 Å². The molecule has 5 rings (SSSR count). The lowest BCUT2D eigenvalue weighted by Gasteiger charge is -2.25. The second kappa shape index (κ2) is 8.50. The van der Waals surface area contributed by atoms with E-state index in [1.54, 1.807) is 12.1 Å². The van der Waals surface area contributed by atoms with Gasteiger partial charge in [0.05, 0.1) is 28.2 Å². The van der Waals surface area contributed by atoms with Gasteiger partial charge in [0.2, 0.25) is 5.95 Å². The molecule has 0 bridgehead atoms. The summed E-state index contributed by atoms with van der Waals surface area (Å²) < 4.78 is 1.45. The van der Waals surface area contributed by atoms with Crippen molar-refractivity contribution in [3.8, 4) is 12.1 Å². The molecular weight excluding hydrogens is 428 g/mol. The molecule has 0 spiro atoms. The quantitative estimate of drug-likeness (QED) is 0.448. The van der Waals surface area contributed by atoms with Crippen LogP contribution < -0.4 is 21.3 Å². The van der Waals surface area contributed by atoms with Gasteiger partial charge in [-0.25, -0.2) is 4.98 Å². The molecule has 162 valence electrons. The zero-order valence-electron chi connectivity index (χ0n) is 17.2. The van der Waals surface area contributed by atoms with Gasteiger partial charge in [0.15, 0.2) is 17.2 Å². The molecule has 2 aromatic heterocycles. The Hall–Kier alpha value is -3.60. The first kappa shape index (κ1) is 20.3. The summed E-state index contributed by atoms with van der Waals surface area (Å²) in [6.07, 6.45) is 5.56. The molecule has 11 heteroatoms. The molecule has 4 N–H and O–H groups in total. The van der Waals surface area contributed by atoms with E-state index in [0.717, 1.165) is 38.8 Å². The summed E-state index contributed by atoms with van der Waals surface area (Å²) in [6.45, 7) is 1.89. The second-order valence-corrected chi connectivity index (χ2v) is 8.38. The summed E-state index contributed by atoms with van der Waals surface area (Å²) in [5, 5.41) is 37.1. The van der Waals surface area contributed by atoms with Crippen LogP contribution in [0.3, 0.4) is 0 Å². The SMILES string of the molecule is N#Cc1cc(Nc2nc(NC3CC3)c3ncc(C#N)n3n2)c(Cl)cc1NC1CCNCC1. The number of halogens is 1.